The fraction of sp³-hybridized carbons (Fsp3) is 0.185. The quantitative estimate of drug-likeness (QED) is 0.335. The van der Waals surface area contributed by atoms with E-state index < -0.39 is 23.0 Å². The summed E-state index contributed by atoms with van der Waals surface area (Å²) in [6.07, 6.45) is -3.11. The Morgan fingerprint density at radius 1 is 0.943 bits per heavy atom. The molecule has 0 bridgehead atoms. The van der Waals surface area contributed by atoms with Gasteiger partial charge in [-0.1, -0.05) is 42.0 Å². The predicted octanol–water partition coefficient (Wildman–Crippen LogP) is 5.63. The summed E-state index contributed by atoms with van der Waals surface area (Å²) < 4.78 is 52.0. The number of hydrogen-bond donors (Lipinski definition) is 0. The van der Waals surface area contributed by atoms with E-state index in [0.717, 1.165) is 17.7 Å². The molecule has 180 valence electrons. The van der Waals surface area contributed by atoms with E-state index >= 15 is 0 Å². The van der Waals surface area contributed by atoms with E-state index in [4.69, 9.17) is 9.47 Å². The van der Waals surface area contributed by atoms with Crippen LogP contribution in [0.25, 0.3) is 10.9 Å². The van der Waals surface area contributed by atoms with Gasteiger partial charge in [-0.25, -0.2) is 0 Å². The van der Waals surface area contributed by atoms with Gasteiger partial charge in [-0.15, -0.1) is 0 Å². The number of carbonyl (C=O) groups is 1. The first kappa shape index (κ1) is 24.1. The second-order valence-corrected chi connectivity index (χ2v) is 8.12. The van der Waals surface area contributed by atoms with Crippen molar-refractivity contribution < 1.29 is 27.4 Å². The largest absolute Gasteiger partial charge is 0.493 e. The number of alkyl halides is 3. The Balaban J connectivity index is 1.94. The summed E-state index contributed by atoms with van der Waals surface area (Å²) in [6, 6.07) is 14.8. The van der Waals surface area contributed by atoms with Crippen LogP contribution in [-0.2, 0) is 12.7 Å². The van der Waals surface area contributed by atoms with Gasteiger partial charge in [0.2, 0.25) is 5.43 Å². The van der Waals surface area contributed by atoms with Crippen LogP contribution in [0.4, 0.5) is 13.2 Å². The van der Waals surface area contributed by atoms with Gasteiger partial charge in [-0.05, 0) is 30.7 Å². The molecule has 0 saturated carbocycles. The minimum Gasteiger partial charge on any atom is -0.493 e. The number of ether oxygens (including phenoxy) is 2. The van der Waals surface area contributed by atoms with Crippen molar-refractivity contribution in [1.82, 2.24) is 4.57 Å². The third-order valence-corrected chi connectivity index (χ3v) is 5.75. The highest BCUT2D eigenvalue weighted by molar-refractivity contribution is 6.10. The molecule has 0 fully saturated rings. The molecule has 0 radical (unpaired) electrons. The lowest BCUT2D eigenvalue weighted by Crippen LogP contribution is -2.20. The number of hydrogen-bond acceptors (Lipinski definition) is 4. The van der Waals surface area contributed by atoms with Crippen LogP contribution in [-0.4, -0.2) is 24.6 Å². The maximum absolute atomic E-state index is 13.4. The molecular formula is C27H22F3NO4. The van der Waals surface area contributed by atoms with E-state index in [2.05, 4.69) is 0 Å². The van der Waals surface area contributed by atoms with E-state index in [1.54, 1.807) is 41.0 Å². The summed E-state index contributed by atoms with van der Waals surface area (Å²) in [6.45, 7) is 1.87. The molecular weight excluding hydrogens is 459 g/mol. The van der Waals surface area contributed by atoms with E-state index in [0.29, 0.717) is 28.1 Å². The number of pyridine rings is 1. The molecule has 0 saturated heterocycles. The molecule has 0 aliphatic heterocycles. The van der Waals surface area contributed by atoms with Crippen LogP contribution in [0.5, 0.6) is 11.5 Å². The summed E-state index contributed by atoms with van der Waals surface area (Å²) >= 11 is 0. The van der Waals surface area contributed by atoms with Crippen molar-refractivity contribution in [3.8, 4) is 11.5 Å². The minimum atomic E-state index is -4.50. The Morgan fingerprint density at radius 2 is 1.60 bits per heavy atom. The maximum Gasteiger partial charge on any atom is 0.416 e. The first-order chi connectivity index (χ1) is 16.6. The molecule has 8 heteroatoms. The number of aromatic nitrogens is 1. The zero-order valence-electron chi connectivity index (χ0n) is 19.3. The van der Waals surface area contributed by atoms with Gasteiger partial charge in [0.05, 0.1) is 36.2 Å². The third kappa shape index (κ3) is 4.77. The Hall–Kier alpha value is -4.07. The van der Waals surface area contributed by atoms with Crippen molar-refractivity contribution in [3.63, 3.8) is 0 Å². The maximum atomic E-state index is 13.4. The topological polar surface area (TPSA) is 57.5 Å². The van der Waals surface area contributed by atoms with Crippen LogP contribution in [0.1, 0.15) is 32.6 Å². The highest BCUT2D eigenvalue weighted by Crippen LogP contribution is 2.33. The average Bonchev–Trinajstić information content (AvgIpc) is 2.84. The number of carbonyl (C=O) groups excluding carboxylic acids is 1. The normalized spacial score (nSPS) is 11.5. The average molecular weight is 481 g/mol. The first-order valence-corrected chi connectivity index (χ1v) is 10.7. The number of ketones is 1. The highest BCUT2D eigenvalue weighted by atomic mass is 19.4. The number of halogens is 3. The monoisotopic (exact) mass is 481 g/mol. The molecule has 0 spiro atoms. The summed E-state index contributed by atoms with van der Waals surface area (Å²) in [7, 11) is 2.86. The van der Waals surface area contributed by atoms with Gasteiger partial charge in [-0.3, -0.25) is 9.59 Å². The number of benzene rings is 3. The molecule has 35 heavy (non-hydrogen) atoms. The van der Waals surface area contributed by atoms with Crippen LogP contribution in [0.3, 0.4) is 0 Å². The molecule has 0 unspecified atom stereocenters. The second-order valence-electron chi connectivity index (χ2n) is 8.12. The van der Waals surface area contributed by atoms with Crippen LogP contribution < -0.4 is 14.9 Å². The summed E-state index contributed by atoms with van der Waals surface area (Å²) in [5, 5.41) is 0.188. The van der Waals surface area contributed by atoms with Crippen LogP contribution in [0, 0.1) is 6.92 Å². The van der Waals surface area contributed by atoms with Crippen molar-refractivity contribution in [1.29, 1.82) is 0 Å². The summed E-state index contributed by atoms with van der Waals surface area (Å²) in [5.41, 5.74) is 0.652. The number of nitrogens with zero attached hydrogens (tertiary/aromatic N) is 1. The molecule has 1 aromatic heterocycles. The minimum absolute atomic E-state index is 0.00956. The molecule has 0 aliphatic carbocycles. The fourth-order valence-corrected chi connectivity index (χ4v) is 3.91. The van der Waals surface area contributed by atoms with Crippen LogP contribution >= 0.6 is 0 Å². The molecule has 0 atom stereocenters. The Morgan fingerprint density at radius 3 is 2.23 bits per heavy atom. The van der Waals surface area contributed by atoms with E-state index in [1.807, 2.05) is 6.92 Å². The lowest BCUT2D eigenvalue weighted by molar-refractivity contribution is -0.137. The number of rotatable bonds is 6. The van der Waals surface area contributed by atoms with Crippen molar-refractivity contribution in [2.45, 2.75) is 19.6 Å². The molecule has 5 nitrogen and oxygen atoms in total. The zero-order chi connectivity index (χ0) is 25.3. The van der Waals surface area contributed by atoms with Crippen molar-refractivity contribution in [3.05, 3.63) is 105 Å². The lowest BCUT2D eigenvalue weighted by Gasteiger charge is -2.17. The standard InChI is InChI=1S/C27H22F3NO4/c1-16-7-9-18(10-8-16)25(32)21-15-31(14-17-5-4-6-19(11-17)27(28,29)30)22-13-24(35-3)23(34-2)12-20(22)26(21)33/h4-13,15H,14H2,1-3H3. The smallest absolute Gasteiger partial charge is 0.416 e. The molecule has 3 aromatic carbocycles. The number of aryl methyl sites for hydroxylation is 1. The van der Waals surface area contributed by atoms with Gasteiger partial charge < -0.3 is 14.0 Å². The van der Waals surface area contributed by atoms with E-state index in [9.17, 15) is 22.8 Å². The van der Waals surface area contributed by atoms with Crippen molar-refractivity contribution in [2.75, 3.05) is 14.2 Å². The van der Waals surface area contributed by atoms with Gasteiger partial charge in [0, 0.05) is 24.4 Å². The zero-order valence-corrected chi connectivity index (χ0v) is 19.3. The Labute approximate surface area is 199 Å². The van der Waals surface area contributed by atoms with Crippen LogP contribution in [0.15, 0.2) is 71.7 Å². The van der Waals surface area contributed by atoms with Crippen LogP contribution in [0.2, 0.25) is 0 Å². The molecule has 4 rings (SSSR count). The molecule has 0 aliphatic rings. The van der Waals surface area contributed by atoms with Gasteiger partial charge >= 0.3 is 6.18 Å². The van der Waals surface area contributed by atoms with Gasteiger partial charge in [0.15, 0.2) is 17.3 Å². The van der Waals surface area contributed by atoms with Crippen molar-refractivity contribution >= 4 is 16.7 Å². The predicted molar refractivity (Wildman–Crippen MR) is 126 cm³/mol. The molecule has 0 amide bonds. The van der Waals surface area contributed by atoms with E-state index in [-0.39, 0.29) is 17.5 Å². The van der Waals surface area contributed by atoms with E-state index in [1.165, 1.54) is 32.5 Å². The first-order valence-electron chi connectivity index (χ1n) is 10.7. The second kappa shape index (κ2) is 9.29. The lowest BCUT2D eigenvalue weighted by atomic mass is 10.0. The van der Waals surface area contributed by atoms with Gasteiger partial charge in [0.25, 0.3) is 0 Å². The highest BCUT2D eigenvalue weighted by Gasteiger charge is 2.30. The number of methoxy groups -OCH3 is 2. The van der Waals surface area contributed by atoms with Gasteiger partial charge in [0.1, 0.15) is 0 Å². The Kier molecular flexibility index (Phi) is 6.39. The molecule has 1 heterocycles. The fourth-order valence-electron chi connectivity index (χ4n) is 3.91. The number of fused-ring (bicyclic) bond motifs is 1. The molecule has 4 aromatic rings. The third-order valence-electron chi connectivity index (χ3n) is 5.75. The SMILES string of the molecule is COc1cc2c(=O)c(C(=O)c3ccc(C)cc3)cn(Cc3cccc(C(F)(F)F)c3)c2cc1OC. The molecule has 0 N–H and O–H groups in total. The van der Waals surface area contributed by atoms with Crippen molar-refractivity contribution in [2.24, 2.45) is 0 Å². The summed E-state index contributed by atoms with van der Waals surface area (Å²) in [5.74, 6) is 0.155. The summed E-state index contributed by atoms with van der Waals surface area (Å²) in [4.78, 5) is 26.7. The Bertz CT molecular complexity index is 1470. The van der Waals surface area contributed by atoms with Gasteiger partial charge in [-0.2, -0.15) is 13.2 Å².